The fraction of sp³-hybridized carbons (Fsp3) is 0.0769. The Morgan fingerprint density at radius 3 is 2.27 bits per heavy atom. The van der Waals surface area contributed by atoms with E-state index < -0.39 is 15.9 Å². The number of rotatable bonds is 3. The van der Waals surface area contributed by atoms with E-state index in [1.807, 2.05) is 0 Å². The SMILES string of the molecule is NN=C(N)c1cccnc1.O=S(=O)([O-])Cc1ccccc1.[Na+]. The third kappa shape index (κ3) is 8.75. The molecule has 22 heavy (non-hydrogen) atoms. The topological polar surface area (TPSA) is 134 Å². The Balaban J connectivity index is 0.000000385. The van der Waals surface area contributed by atoms with E-state index in [2.05, 4.69) is 10.1 Å². The molecule has 0 atom stereocenters. The molecule has 0 unspecified atom stereocenters. The van der Waals surface area contributed by atoms with E-state index in [9.17, 15) is 13.0 Å². The van der Waals surface area contributed by atoms with Gasteiger partial charge in [0, 0.05) is 18.0 Å². The van der Waals surface area contributed by atoms with Gasteiger partial charge in [-0.2, -0.15) is 5.10 Å². The van der Waals surface area contributed by atoms with Crippen LogP contribution < -0.4 is 41.1 Å². The van der Waals surface area contributed by atoms with E-state index in [0.717, 1.165) is 5.56 Å². The molecule has 0 radical (unpaired) electrons. The molecule has 0 saturated heterocycles. The van der Waals surface area contributed by atoms with Gasteiger partial charge in [-0.05, 0) is 17.7 Å². The summed E-state index contributed by atoms with van der Waals surface area (Å²) in [6.45, 7) is 0. The van der Waals surface area contributed by atoms with Crippen molar-refractivity contribution in [1.29, 1.82) is 0 Å². The summed E-state index contributed by atoms with van der Waals surface area (Å²) in [6.07, 6.45) is 3.26. The first kappa shape index (κ1) is 20.6. The first-order valence-electron chi connectivity index (χ1n) is 5.83. The summed E-state index contributed by atoms with van der Waals surface area (Å²) in [5, 5.41) is 3.31. The van der Waals surface area contributed by atoms with E-state index in [1.54, 1.807) is 54.9 Å². The molecule has 9 heteroatoms. The molecule has 7 nitrogen and oxygen atoms in total. The molecule has 0 aliphatic heterocycles. The summed E-state index contributed by atoms with van der Waals surface area (Å²) in [4.78, 5) is 3.84. The smallest absolute Gasteiger partial charge is 0.748 e. The van der Waals surface area contributed by atoms with Crippen LogP contribution in [0.4, 0.5) is 0 Å². The van der Waals surface area contributed by atoms with Crippen LogP contribution in [0.1, 0.15) is 11.1 Å². The maximum atomic E-state index is 10.2. The fourth-order valence-corrected chi connectivity index (χ4v) is 1.97. The van der Waals surface area contributed by atoms with Crippen molar-refractivity contribution in [3.63, 3.8) is 0 Å². The van der Waals surface area contributed by atoms with E-state index in [4.69, 9.17) is 11.6 Å². The Kier molecular flexibility index (Phi) is 9.63. The molecule has 4 N–H and O–H groups in total. The summed E-state index contributed by atoms with van der Waals surface area (Å²) in [5.74, 6) is 4.82. The first-order chi connectivity index (χ1) is 9.92. The molecular weight excluding hydrogens is 315 g/mol. The molecule has 0 fully saturated rings. The predicted octanol–water partition coefficient (Wildman–Crippen LogP) is -2.60. The van der Waals surface area contributed by atoms with E-state index >= 15 is 0 Å². The van der Waals surface area contributed by atoms with Crippen molar-refractivity contribution in [1.82, 2.24) is 4.98 Å². The third-order valence-electron chi connectivity index (χ3n) is 2.28. The molecule has 1 aromatic carbocycles. The number of nitrogens with zero attached hydrogens (tertiary/aromatic N) is 2. The van der Waals surface area contributed by atoms with Gasteiger partial charge in [-0.25, -0.2) is 8.42 Å². The van der Waals surface area contributed by atoms with Gasteiger partial charge in [-0.15, -0.1) is 0 Å². The second-order valence-corrected chi connectivity index (χ2v) is 5.35. The second kappa shape index (κ2) is 10.3. The standard InChI is InChI=1S/C7H8O3S.C6H8N4.Na/c8-11(9,10)6-7-4-2-1-3-5-7;7-6(10-8)5-2-1-3-9-4-5;/h1-5H,6H2,(H,8,9,10);1-4H,8H2,(H2,7,10);/q;;+1/p-1. The predicted molar refractivity (Wildman–Crippen MR) is 79.0 cm³/mol. The average Bonchev–Trinajstić information content (AvgIpc) is 2.47. The van der Waals surface area contributed by atoms with Crippen LogP contribution >= 0.6 is 0 Å². The number of aromatic nitrogens is 1. The minimum Gasteiger partial charge on any atom is -0.748 e. The molecule has 0 bridgehead atoms. The zero-order valence-electron chi connectivity index (χ0n) is 12.1. The number of amidine groups is 1. The van der Waals surface area contributed by atoms with Gasteiger partial charge < -0.3 is 16.1 Å². The Hall–Kier alpha value is -1.45. The Morgan fingerprint density at radius 2 is 1.82 bits per heavy atom. The molecule has 112 valence electrons. The minimum absolute atomic E-state index is 0. The summed E-state index contributed by atoms with van der Waals surface area (Å²) >= 11 is 0. The largest absolute Gasteiger partial charge is 1.00 e. The molecule has 1 aromatic heterocycles. The van der Waals surface area contributed by atoms with Crippen LogP contribution in [0.25, 0.3) is 0 Å². The van der Waals surface area contributed by atoms with Crippen molar-refractivity contribution >= 4 is 16.0 Å². The molecule has 1 heterocycles. The van der Waals surface area contributed by atoms with E-state index in [0.29, 0.717) is 11.4 Å². The van der Waals surface area contributed by atoms with Crippen LogP contribution in [0.5, 0.6) is 0 Å². The number of pyridine rings is 1. The van der Waals surface area contributed by atoms with Crippen LogP contribution in [0.3, 0.4) is 0 Å². The van der Waals surface area contributed by atoms with Gasteiger partial charge in [0.25, 0.3) is 0 Å². The van der Waals surface area contributed by atoms with Crippen LogP contribution in [-0.2, 0) is 15.9 Å². The quantitative estimate of drug-likeness (QED) is 0.158. The van der Waals surface area contributed by atoms with Gasteiger partial charge in [-0.3, -0.25) is 4.98 Å². The summed E-state index contributed by atoms with van der Waals surface area (Å²) in [6, 6.07) is 11.9. The first-order valence-corrected chi connectivity index (χ1v) is 7.41. The van der Waals surface area contributed by atoms with Crippen molar-refractivity contribution in [2.24, 2.45) is 16.7 Å². The Labute approximate surface area is 151 Å². The molecule has 0 amide bonds. The third-order valence-corrected chi connectivity index (χ3v) is 2.97. The van der Waals surface area contributed by atoms with Crippen LogP contribution in [0.2, 0.25) is 0 Å². The maximum Gasteiger partial charge on any atom is 1.00 e. The van der Waals surface area contributed by atoms with Gasteiger partial charge >= 0.3 is 29.6 Å². The number of hydrogen-bond donors (Lipinski definition) is 2. The average molecular weight is 330 g/mol. The molecule has 0 spiro atoms. The number of hydrogen-bond acceptors (Lipinski definition) is 6. The van der Waals surface area contributed by atoms with Gasteiger partial charge in [0.1, 0.15) is 0 Å². The normalized spacial score (nSPS) is 10.9. The molecule has 0 aliphatic rings. The Bertz CT molecular complexity index is 679. The molecule has 2 rings (SSSR count). The number of benzene rings is 1. The van der Waals surface area contributed by atoms with Crippen LogP contribution in [-0.4, -0.2) is 23.8 Å². The Morgan fingerprint density at radius 1 is 1.18 bits per heavy atom. The van der Waals surface area contributed by atoms with E-state index in [-0.39, 0.29) is 29.6 Å². The minimum atomic E-state index is -4.13. The fourth-order valence-electron chi connectivity index (χ4n) is 1.37. The monoisotopic (exact) mass is 330 g/mol. The molecule has 2 aromatic rings. The summed E-state index contributed by atoms with van der Waals surface area (Å²) in [7, 11) is -4.13. The second-order valence-electron chi connectivity index (χ2n) is 3.94. The van der Waals surface area contributed by atoms with Gasteiger partial charge in [0.2, 0.25) is 0 Å². The summed E-state index contributed by atoms with van der Waals surface area (Å²) in [5.41, 5.74) is 6.65. The van der Waals surface area contributed by atoms with Gasteiger partial charge in [0.05, 0.1) is 15.9 Å². The van der Waals surface area contributed by atoms with Crippen molar-refractivity contribution in [2.75, 3.05) is 0 Å². The van der Waals surface area contributed by atoms with E-state index in [1.165, 1.54) is 0 Å². The van der Waals surface area contributed by atoms with Gasteiger partial charge in [-0.1, -0.05) is 30.3 Å². The molecule has 0 saturated carbocycles. The maximum absolute atomic E-state index is 10.2. The van der Waals surface area contributed by atoms with Crippen molar-refractivity contribution in [2.45, 2.75) is 5.75 Å². The number of hydrazone groups is 1. The zero-order valence-corrected chi connectivity index (χ0v) is 14.9. The summed E-state index contributed by atoms with van der Waals surface area (Å²) < 4.78 is 30.7. The number of nitrogens with two attached hydrogens (primary N) is 2. The van der Waals surface area contributed by atoms with Crippen molar-refractivity contribution in [3.05, 3.63) is 66.0 Å². The van der Waals surface area contributed by atoms with Crippen LogP contribution in [0, 0.1) is 0 Å². The molecule has 0 aliphatic carbocycles. The van der Waals surface area contributed by atoms with Crippen molar-refractivity contribution in [3.8, 4) is 0 Å². The van der Waals surface area contributed by atoms with Crippen molar-refractivity contribution < 1.29 is 42.5 Å². The van der Waals surface area contributed by atoms with Gasteiger partial charge in [0.15, 0.2) is 5.84 Å². The molecular formula is C13H15N4NaO3S. The van der Waals surface area contributed by atoms with Crippen LogP contribution in [0.15, 0.2) is 60.0 Å². The zero-order chi connectivity index (χ0) is 15.7.